The zero-order valence-electron chi connectivity index (χ0n) is 11.3. The molecule has 1 unspecified atom stereocenters. The van der Waals surface area contributed by atoms with Crippen LogP contribution in [0.1, 0.15) is 54.9 Å². The van der Waals surface area contributed by atoms with Crippen LogP contribution in [0.3, 0.4) is 0 Å². The summed E-state index contributed by atoms with van der Waals surface area (Å²) in [6.45, 7) is 14.1. The average molecular weight is 220 g/mol. The van der Waals surface area contributed by atoms with Crippen molar-refractivity contribution in [2.45, 2.75) is 72.2 Å². The third-order valence-electron chi connectivity index (χ3n) is 1.29. The topological polar surface area (TPSA) is 49.7 Å². The zero-order chi connectivity index (χ0) is 12.7. The van der Waals surface area contributed by atoms with Crippen molar-refractivity contribution in [2.75, 3.05) is 6.61 Å². The van der Waals surface area contributed by atoms with Gasteiger partial charge in [-0.15, -0.1) is 0 Å². The predicted molar refractivity (Wildman–Crippen MR) is 64.0 cm³/mol. The van der Waals surface area contributed by atoms with Crippen molar-refractivity contribution < 1.29 is 14.9 Å². The van der Waals surface area contributed by atoms with Crippen molar-refractivity contribution in [2.24, 2.45) is 0 Å². The highest BCUT2D eigenvalue weighted by atomic mass is 16.5. The summed E-state index contributed by atoms with van der Waals surface area (Å²) in [4.78, 5) is 0. The number of rotatable bonds is 2. The van der Waals surface area contributed by atoms with Crippen LogP contribution in [0.5, 0.6) is 0 Å². The first-order valence-corrected chi connectivity index (χ1v) is 5.51. The standard InChI is InChI=1S/C8H18O.C4H10O2/c1-7(2,3)9-8(4,5)6;1-2-4(6)3-5/h1-6H3;4-6H,2-3H2,1H3. The second kappa shape index (κ2) is 7.20. The van der Waals surface area contributed by atoms with Gasteiger partial charge in [0.2, 0.25) is 0 Å². The van der Waals surface area contributed by atoms with Crippen LogP contribution in [0.4, 0.5) is 0 Å². The molecule has 0 spiro atoms. The summed E-state index contributed by atoms with van der Waals surface area (Å²) < 4.78 is 5.62. The minimum absolute atomic E-state index is 0.0156. The van der Waals surface area contributed by atoms with Gasteiger partial charge in [-0.25, -0.2) is 0 Å². The summed E-state index contributed by atoms with van der Waals surface area (Å²) in [5.41, 5.74) is -0.0312. The Balaban J connectivity index is 0. The fourth-order valence-corrected chi connectivity index (χ4v) is 1.05. The second-order valence-electron chi connectivity index (χ2n) is 5.57. The van der Waals surface area contributed by atoms with Gasteiger partial charge >= 0.3 is 0 Å². The van der Waals surface area contributed by atoms with Crippen molar-refractivity contribution in [3.05, 3.63) is 0 Å². The predicted octanol–water partition coefficient (Wildman–Crippen LogP) is 2.35. The Morgan fingerprint density at radius 2 is 1.33 bits per heavy atom. The van der Waals surface area contributed by atoms with Crippen LogP contribution < -0.4 is 0 Å². The molecule has 0 radical (unpaired) electrons. The van der Waals surface area contributed by atoms with E-state index in [9.17, 15) is 0 Å². The van der Waals surface area contributed by atoms with Gasteiger partial charge in [0.25, 0.3) is 0 Å². The van der Waals surface area contributed by atoms with Crippen LogP contribution in [0.15, 0.2) is 0 Å². The third kappa shape index (κ3) is 20.1. The van der Waals surface area contributed by atoms with E-state index in [1.165, 1.54) is 0 Å². The summed E-state index contributed by atoms with van der Waals surface area (Å²) >= 11 is 0. The van der Waals surface area contributed by atoms with Crippen molar-refractivity contribution >= 4 is 0 Å². The summed E-state index contributed by atoms with van der Waals surface area (Å²) in [5.74, 6) is 0. The van der Waals surface area contributed by atoms with Gasteiger partial charge in [0, 0.05) is 0 Å². The molecule has 94 valence electrons. The smallest absolute Gasteiger partial charge is 0.0768 e. The van der Waals surface area contributed by atoms with Gasteiger partial charge in [0.15, 0.2) is 0 Å². The summed E-state index contributed by atoms with van der Waals surface area (Å²) in [5, 5.41) is 16.5. The summed E-state index contributed by atoms with van der Waals surface area (Å²) in [6, 6.07) is 0. The van der Waals surface area contributed by atoms with Gasteiger partial charge in [-0.05, 0) is 48.0 Å². The normalized spacial score (nSPS) is 14.2. The molecule has 0 bridgehead atoms. The summed E-state index contributed by atoms with van der Waals surface area (Å²) in [6.07, 6.45) is 0.126. The molecule has 3 heteroatoms. The molecule has 0 aliphatic rings. The minimum Gasteiger partial charge on any atom is -0.394 e. The monoisotopic (exact) mass is 220 g/mol. The molecule has 0 fully saturated rings. The highest BCUT2D eigenvalue weighted by Crippen LogP contribution is 2.17. The molecule has 3 nitrogen and oxygen atoms in total. The molecule has 0 rings (SSSR count). The maximum atomic E-state index is 8.42. The minimum atomic E-state index is -0.509. The van der Waals surface area contributed by atoms with Gasteiger partial charge in [0.05, 0.1) is 23.9 Å². The Morgan fingerprint density at radius 3 is 1.33 bits per heavy atom. The van der Waals surface area contributed by atoms with Gasteiger partial charge < -0.3 is 14.9 Å². The van der Waals surface area contributed by atoms with E-state index in [1.54, 1.807) is 0 Å². The van der Waals surface area contributed by atoms with Crippen molar-refractivity contribution in [3.8, 4) is 0 Å². The number of hydrogen-bond acceptors (Lipinski definition) is 3. The Labute approximate surface area is 94.5 Å². The Bertz CT molecular complexity index is 126. The molecule has 0 aromatic heterocycles. The Kier molecular flexibility index (Phi) is 8.30. The SMILES string of the molecule is CC(C)(C)OC(C)(C)C.CCC(O)CO. The van der Waals surface area contributed by atoms with E-state index in [0.717, 1.165) is 0 Å². The third-order valence-corrected chi connectivity index (χ3v) is 1.29. The number of aliphatic hydroxyl groups is 2. The van der Waals surface area contributed by atoms with Crippen molar-refractivity contribution in [1.82, 2.24) is 0 Å². The second-order valence-corrected chi connectivity index (χ2v) is 5.57. The molecule has 0 aromatic carbocycles. The molecule has 0 heterocycles. The molecular formula is C12H28O3. The molecule has 0 saturated carbocycles. The van der Waals surface area contributed by atoms with Crippen LogP contribution in [-0.2, 0) is 4.74 Å². The van der Waals surface area contributed by atoms with Crippen LogP contribution in [-0.4, -0.2) is 34.1 Å². The number of hydrogen-bond donors (Lipinski definition) is 2. The van der Waals surface area contributed by atoms with Gasteiger partial charge in [-0.1, -0.05) is 6.92 Å². The maximum Gasteiger partial charge on any atom is 0.0768 e. The van der Waals surface area contributed by atoms with Crippen LogP contribution in [0, 0.1) is 0 Å². The van der Waals surface area contributed by atoms with E-state index >= 15 is 0 Å². The van der Waals surface area contributed by atoms with Crippen molar-refractivity contribution in [1.29, 1.82) is 0 Å². The van der Waals surface area contributed by atoms with E-state index in [-0.39, 0.29) is 17.8 Å². The lowest BCUT2D eigenvalue weighted by Gasteiger charge is -2.30. The Hall–Kier alpha value is -0.120. The Morgan fingerprint density at radius 1 is 1.00 bits per heavy atom. The van der Waals surface area contributed by atoms with E-state index < -0.39 is 6.10 Å². The van der Waals surface area contributed by atoms with E-state index in [4.69, 9.17) is 14.9 Å². The van der Waals surface area contributed by atoms with Crippen molar-refractivity contribution in [3.63, 3.8) is 0 Å². The fraction of sp³-hybridized carbons (Fsp3) is 1.00. The quantitative estimate of drug-likeness (QED) is 0.751. The van der Waals surface area contributed by atoms with Crippen LogP contribution in [0.25, 0.3) is 0 Å². The zero-order valence-corrected chi connectivity index (χ0v) is 11.3. The van der Waals surface area contributed by atoms with E-state index in [2.05, 4.69) is 41.5 Å². The number of aliphatic hydroxyl groups excluding tert-OH is 2. The molecule has 15 heavy (non-hydrogen) atoms. The first kappa shape index (κ1) is 17.3. The molecule has 0 aliphatic heterocycles. The lowest BCUT2D eigenvalue weighted by molar-refractivity contribution is -0.102. The molecule has 1 atom stereocenters. The van der Waals surface area contributed by atoms with E-state index in [1.807, 2.05) is 6.92 Å². The molecule has 0 amide bonds. The maximum absolute atomic E-state index is 8.42. The summed E-state index contributed by atoms with van der Waals surface area (Å²) in [7, 11) is 0. The first-order valence-electron chi connectivity index (χ1n) is 5.51. The largest absolute Gasteiger partial charge is 0.394 e. The lowest BCUT2D eigenvalue weighted by Crippen LogP contribution is -2.31. The van der Waals surface area contributed by atoms with Gasteiger partial charge in [-0.2, -0.15) is 0 Å². The highest BCUT2D eigenvalue weighted by molar-refractivity contribution is 4.68. The molecule has 0 aliphatic carbocycles. The molecule has 2 N–H and O–H groups in total. The van der Waals surface area contributed by atoms with E-state index in [0.29, 0.717) is 6.42 Å². The molecular weight excluding hydrogens is 192 g/mol. The molecule has 0 saturated heterocycles. The molecule has 0 aromatic rings. The van der Waals surface area contributed by atoms with Gasteiger partial charge in [-0.3, -0.25) is 0 Å². The van der Waals surface area contributed by atoms with Gasteiger partial charge in [0.1, 0.15) is 0 Å². The fourth-order valence-electron chi connectivity index (χ4n) is 1.05. The average Bonchev–Trinajstić information content (AvgIpc) is 1.97. The van der Waals surface area contributed by atoms with Crippen LogP contribution >= 0.6 is 0 Å². The lowest BCUT2D eigenvalue weighted by atomic mass is 10.1. The first-order chi connectivity index (χ1) is 6.52. The van der Waals surface area contributed by atoms with Crippen LogP contribution in [0.2, 0.25) is 0 Å². The highest BCUT2D eigenvalue weighted by Gasteiger charge is 2.19. The number of ether oxygens (including phenoxy) is 1.